The molecule has 0 amide bonds. The molecule has 0 aliphatic carbocycles. The van der Waals surface area contributed by atoms with Gasteiger partial charge in [-0.15, -0.1) is 11.3 Å². The Balaban J connectivity index is 1.89. The van der Waals surface area contributed by atoms with E-state index in [9.17, 15) is 4.79 Å². The van der Waals surface area contributed by atoms with Gasteiger partial charge >= 0.3 is 5.97 Å². The standard InChI is InChI=1S/C24H29ClN4O2S/c1-13-14(2)32-23-20(13)21(16-8-10-17(25)11-9-16)26-18(12-19(30)31-24(4,5)6)22-27-28(7)15(3)29(22)23/h8-11,15,18H,12H2,1-7H3. The second kappa shape index (κ2) is 8.19. The number of anilines is 1. The number of aliphatic imine (C=N–C) groups is 1. The quantitative estimate of drug-likeness (QED) is 0.562. The fourth-order valence-electron chi connectivity index (χ4n) is 3.99. The van der Waals surface area contributed by atoms with E-state index in [4.69, 9.17) is 26.4 Å². The minimum Gasteiger partial charge on any atom is -0.460 e. The molecule has 0 bridgehead atoms. The maximum Gasteiger partial charge on any atom is 0.308 e. The number of ether oxygens (including phenoxy) is 1. The van der Waals surface area contributed by atoms with E-state index in [0.717, 1.165) is 27.7 Å². The number of nitrogens with zero attached hydrogens (tertiary/aromatic N) is 4. The molecule has 6 nitrogen and oxygen atoms in total. The van der Waals surface area contributed by atoms with Crippen LogP contribution < -0.4 is 4.90 Å². The Morgan fingerprint density at radius 1 is 1.22 bits per heavy atom. The highest BCUT2D eigenvalue weighted by Gasteiger charge is 2.41. The van der Waals surface area contributed by atoms with E-state index in [1.54, 1.807) is 11.3 Å². The number of aryl methyl sites for hydroxylation is 1. The highest BCUT2D eigenvalue weighted by atomic mass is 35.5. The van der Waals surface area contributed by atoms with Gasteiger partial charge in [-0.3, -0.25) is 19.7 Å². The lowest BCUT2D eigenvalue weighted by Gasteiger charge is -2.27. The second-order valence-electron chi connectivity index (χ2n) is 9.29. The van der Waals surface area contributed by atoms with Crippen molar-refractivity contribution in [3.8, 4) is 0 Å². The fourth-order valence-corrected chi connectivity index (χ4v) is 5.36. The third kappa shape index (κ3) is 4.16. The molecular weight excluding hydrogens is 444 g/mol. The Bertz CT molecular complexity index is 1110. The van der Waals surface area contributed by atoms with Gasteiger partial charge in [0.15, 0.2) is 5.84 Å². The van der Waals surface area contributed by atoms with E-state index in [-0.39, 0.29) is 18.6 Å². The number of hydrogen-bond donors (Lipinski definition) is 0. The van der Waals surface area contributed by atoms with Crippen molar-refractivity contribution in [2.75, 3.05) is 11.9 Å². The predicted octanol–water partition coefficient (Wildman–Crippen LogP) is 5.38. The first kappa shape index (κ1) is 22.8. The van der Waals surface area contributed by atoms with Crippen LogP contribution in [0, 0.1) is 13.8 Å². The van der Waals surface area contributed by atoms with Gasteiger partial charge in [0.25, 0.3) is 0 Å². The van der Waals surface area contributed by atoms with Gasteiger partial charge in [-0.1, -0.05) is 23.7 Å². The van der Waals surface area contributed by atoms with Crippen LogP contribution >= 0.6 is 22.9 Å². The fraction of sp³-hybridized carbons (Fsp3) is 0.458. The summed E-state index contributed by atoms with van der Waals surface area (Å²) in [5.74, 6) is 0.488. The zero-order valence-electron chi connectivity index (χ0n) is 19.6. The molecule has 0 radical (unpaired) electrons. The summed E-state index contributed by atoms with van der Waals surface area (Å²) in [4.78, 5) is 21.4. The van der Waals surface area contributed by atoms with Crippen LogP contribution in [0.1, 0.15) is 55.7 Å². The maximum absolute atomic E-state index is 12.8. The lowest BCUT2D eigenvalue weighted by molar-refractivity contribution is -0.154. The summed E-state index contributed by atoms with van der Waals surface area (Å²) >= 11 is 7.90. The van der Waals surface area contributed by atoms with Crippen molar-refractivity contribution in [1.29, 1.82) is 0 Å². The first-order valence-corrected chi connectivity index (χ1v) is 11.9. The number of amidine groups is 1. The molecule has 0 fully saturated rings. The molecule has 2 aliphatic heterocycles. The van der Waals surface area contributed by atoms with Gasteiger partial charge < -0.3 is 4.74 Å². The number of carbonyl (C=O) groups is 1. The van der Waals surface area contributed by atoms with E-state index in [1.807, 2.05) is 57.1 Å². The van der Waals surface area contributed by atoms with Gasteiger partial charge in [-0.05, 0) is 59.2 Å². The molecule has 2 aromatic rings. The minimum atomic E-state index is -0.557. The highest BCUT2D eigenvalue weighted by Crippen LogP contribution is 2.42. The summed E-state index contributed by atoms with van der Waals surface area (Å²) in [6, 6.07) is 7.25. The maximum atomic E-state index is 12.8. The molecule has 3 heterocycles. The molecule has 0 spiro atoms. The molecule has 1 aromatic heterocycles. The summed E-state index contributed by atoms with van der Waals surface area (Å²) in [6.07, 6.45) is 0.138. The lowest BCUT2D eigenvalue weighted by atomic mass is 9.99. The van der Waals surface area contributed by atoms with Gasteiger partial charge in [0.1, 0.15) is 22.8 Å². The third-order valence-corrected chi connectivity index (χ3v) is 7.18. The van der Waals surface area contributed by atoms with E-state index < -0.39 is 11.6 Å². The van der Waals surface area contributed by atoms with Crippen LogP contribution in [0.4, 0.5) is 5.00 Å². The Hall–Kier alpha value is -2.38. The van der Waals surface area contributed by atoms with Gasteiger partial charge in [0, 0.05) is 28.1 Å². The minimum absolute atomic E-state index is 0.0158. The Morgan fingerprint density at radius 2 is 1.88 bits per heavy atom. The molecule has 1 aromatic carbocycles. The molecule has 2 unspecified atom stereocenters. The zero-order valence-corrected chi connectivity index (χ0v) is 21.1. The van der Waals surface area contributed by atoms with Crippen molar-refractivity contribution in [2.45, 2.75) is 65.8 Å². The van der Waals surface area contributed by atoms with Crippen molar-refractivity contribution >= 4 is 45.5 Å². The van der Waals surface area contributed by atoms with Crippen LogP contribution in [0.25, 0.3) is 0 Å². The van der Waals surface area contributed by atoms with Crippen LogP contribution in [-0.2, 0) is 9.53 Å². The Morgan fingerprint density at radius 3 is 2.50 bits per heavy atom. The Kier molecular flexibility index (Phi) is 5.84. The summed E-state index contributed by atoms with van der Waals surface area (Å²) in [6.45, 7) is 12.0. The van der Waals surface area contributed by atoms with Gasteiger partial charge in [0.05, 0.1) is 12.1 Å². The van der Waals surface area contributed by atoms with Gasteiger partial charge in [0.2, 0.25) is 0 Å². The number of benzene rings is 1. The van der Waals surface area contributed by atoms with Crippen LogP contribution in [0.15, 0.2) is 34.4 Å². The molecular formula is C24H29ClN4O2S. The van der Waals surface area contributed by atoms with E-state index in [0.29, 0.717) is 5.02 Å². The van der Waals surface area contributed by atoms with Gasteiger partial charge in [-0.2, -0.15) is 5.10 Å². The van der Waals surface area contributed by atoms with Crippen molar-refractivity contribution in [3.63, 3.8) is 0 Å². The largest absolute Gasteiger partial charge is 0.460 e. The molecule has 4 rings (SSSR count). The zero-order chi connectivity index (χ0) is 23.4. The number of hydrogen-bond acceptors (Lipinski definition) is 7. The normalized spacial score (nSPS) is 20.4. The van der Waals surface area contributed by atoms with E-state index in [1.165, 1.54) is 10.4 Å². The van der Waals surface area contributed by atoms with Crippen LogP contribution in [0.5, 0.6) is 0 Å². The van der Waals surface area contributed by atoms with Crippen LogP contribution in [0.2, 0.25) is 5.02 Å². The summed E-state index contributed by atoms with van der Waals surface area (Å²) in [7, 11) is 1.95. The molecule has 0 saturated carbocycles. The molecule has 0 saturated heterocycles. The summed E-state index contributed by atoms with van der Waals surface area (Å²) in [5.41, 5.74) is 3.56. The van der Waals surface area contributed by atoms with Crippen molar-refractivity contribution in [3.05, 3.63) is 50.9 Å². The van der Waals surface area contributed by atoms with E-state index in [2.05, 4.69) is 25.7 Å². The third-order valence-electron chi connectivity index (χ3n) is 5.72. The summed E-state index contributed by atoms with van der Waals surface area (Å²) < 4.78 is 5.63. The van der Waals surface area contributed by atoms with Crippen LogP contribution in [0.3, 0.4) is 0 Å². The first-order chi connectivity index (χ1) is 15.0. The number of esters is 1. The average molecular weight is 473 g/mol. The smallest absolute Gasteiger partial charge is 0.308 e. The molecule has 2 aliphatic rings. The summed E-state index contributed by atoms with van der Waals surface area (Å²) in [5, 5.41) is 8.51. The van der Waals surface area contributed by atoms with Gasteiger partial charge in [-0.25, -0.2) is 0 Å². The molecule has 32 heavy (non-hydrogen) atoms. The number of carbonyl (C=O) groups excluding carboxylic acids is 1. The number of thiophene rings is 1. The lowest BCUT2D eigenvalue weighted by Crippen LogP contribution is -2.42. The molecule has 170 valence electrons. The predicted molar refractivity (Wildman–Crippen MR) is 132 cm³/mol. The number of rotatable bonds is 3. The van der Waals surface area contributed by atoms with Crippen LogP contribution in [-0.4, -0.2) is 47.4 Å². The van der Waals surface area contributed by atoms with Crippen molar-refractivity contribution in [2.24, 2.45) is 10.1 Å². The number of hydrazone groups is 1. The van der Waals surface area contributed by atoms with Crippen molar-refractivity contribution < 1.29 is 9.53 Å². The molecule has 2 atom stereocenters. The highest BCUT2D eigenvalue weighted by molar-refractivity contribution is 7.17. The first-order valence-electron chi connectivity index (χ1n) is 10.7. The van der Waals surface area contributed by atoms with E-state index >= 15 is 0 Å². The average Bonchev–Trinajstić information content (AvgIpc) is 3.09. The Labute approximate surface area is 198 Å². The second-order valence-corrected chi connectivity index (χ2v) is 10.9. The molecule has 0 N–H and O–H groups in total. The SMILES string of the molecule is Cc1sc2c(c1C)C(c1ccc(Cl)cc1)=NC(CC(=O)OC(C)(C)C)C1=NN(C)C(C)N12. The molecule has 8 heteroatoms. The number of fused-ring (bicyclic) bond motifs is 3. The van der Waals surface area contributed by atoms with Crippen molar-refractivity contribution in [1.82, 2.24) is 5.01 Å². The monoisotopic (exact) mass is 472 g/mol. The number of halogens is 1. The topological polar surface area (TPSA) is 57.5 Å².